The van der Waals surface area contributed by atoms with E-state index in [0.29, 0.717) is 5.69 Å². The molecule has 0 saturated carbocycles. The van der Waals surface area contributed by atoms with Gasteiger partial charge in [0.05, 0.1) is 17.0 Å². The summed E-state index contributed by atoms with van der Waals surface area (Å²) in [4.78, 5) is 47.4. The molecule has 0 heterocycles. The van der Waals surface area contributed by atoms with Crippen molar-refractivity contribution in [3.63, 3.8) is 0 Å². The number of benzene rings is 2. The van der Waals surface area contributed by atoms with Crippen molar-refractivity contribution in [2.45, 2.75) is 26.7 Å². The van der Waals surface area contributed by atoms with Gasteiger partial charge in [0, 0.05) is 12.1 Å². The number of hydrogen-bond acceptors (Lipinski definition) is 5. The molecule has 30 heavy (non-hydrogen) atoms. The first-order valence-corrected chi connectivity index (χ1v) is 9.51. The van der Waals surface area contributed by atoms with Crippen molar-refractivity contribution in [2.24, 2.45) is 0 Å². The molecule has 9 heteroatoms. The van der Waals surface area contributed by atoms with E-state index in [4.69, 9.17) is 16.3 Å². The summed E-state index contributed by atoms with van der Waals surface area (Å²) in [5.74, 6) is -2.36. The van der Waals surface area contributed by atoms with Gasteiger partial charge in [-0.05, 0) is 43.2 Å². The van der Waals surface area contributed by atoms with Gasteiger partial charge in [-0.1, -0.05) is 35.9 Å². The fourth-order valence-electron chi connectivity index (χ4n) is 2.41. The molecule has 0 unspecified atom stereocenters. The number of anilines is 1. The maximum Gasteiger partial charge on any atom is 0.306 e. The Balaban J connectivity index is 1.68. The van der Waals surface area contributed by atoms with Crippen LogP contribution in [0, 0.1) is 13.8 Å². The Morgan fingerprint density at radius 1 is 0.900 bits per heavy atom. The van der Waals surface area contributed by atoms with Gasteiger partial charge in [0.1, 0.15) is 0 Å². The summed E-state index contributed by atoms with van der Waals surface area (Å²) in [6, 6.07) is 11.8. The van der Waals surface area contributed by atoms with Crippen molar-refractivity contribution in [2.75, 3.05) is 11.9 Å². The summed E-state index contributed by atoms with van der Waals surface area (Å²) < 4.78 is 4.87. The second-order valence-corrected chi connectivity index (χ2v) is 6.85. The van der Waals surface area contributed by atoms with Crippen LogP contribution in [0.1, 0.15) is 34.3 Å². The second-order valence-electron chi connectivity index (χ2n) is 6.44. The summed E-state index contributed by atoms with van der Waals surface area (Å²) >= 11 is 5.90. The van der Waals surface area contributed by atoms with Crippen molar-refractivity contribution in [1.29, 1.82) is 0 Å². The molecule has 8 nitrogen and oxygen atoms in total. The number of aryl methyl sites for hydroxylation is 1. The highest BCUT2D eigenvalue weighted by Crippen LogP contribution is 2.17. The van der Waals surface area contributed by atoms with E-state index in [-0.39, 0.29) is 23.4 Å². The topological polar surface area (TPSA) is 114 Å². The molecule has 3 amide bonds. The van der Waals surface area contributed by atoms with E-state index < -0.39 is 30.3 Å². The van der Waals surface area contributed by atoms with Crippen molar-refractivity contribution in [1.82, 2.24) is 10.9 Å². The van der Waals surface area contributed by atoms with E-state index in [0.717, 1.165) is 11.1 Å². The van der Waals surface area contributed by atoms with Crippen LogP contribution in [-0.4, -0.2) is 30.3 Å². The number of ether oxygens (including phenoxy) is 1. The van der Waals surface area contributed by atoms with E-state index >= 15 is 0 Å². The number of carbonyl (C=O) groups is 4. The molecule has 0 fully saturated rings. The molecule has 3 N–H and O–H groups in total. The number of carbonyl (C=O) groups excluding carboxylic acids is 4. The monoisotopic (exact) mass is 431 g/mol. The highest BCUT2D eigenvalue weighted by molar-refractivity contribution is 6.33. The summed E-state index contributed by atoms with van der Waals surface area (Å²) in [6.45, 7) is 3.34. The van der Waals surface area contributed by atoms with Crippen molar-refractivity contribution in [3.05, 3.63) is 64.2 Å². The Morgan fingerprint density at radius 3 is 2.37 bits per heavy atom. The molecule has 2 aromatic carbocycles. The van der Waals surface area contributed by atoms with Crippen molar-refractivity contribution >= 4 is 41.0 Å². The normalized spacial score (nSPS) is 10.1. The van der Waals surface area contributed by atoms with Gasteiger partial charge in [-0.3, -0.25) is 30.0 Å². The summed E-state index contributed by atoms with van der Waals surface area (Å²) in [5.41, 5.74) is 7.19. The molecule has 0 radical (unpaired) electrons. The van der Waals surface area contributed by atoms with Gasteiger partial charge in [-0.2, -0.15) is 0 Å². The van der Waals surface area contributed by atoms with Crippen LogP contribution in [0.4, 0.5) is 5.69 Å². The zero-order chi connectivity index (χ0) is 22.1. The summed E-state index contributed by atoms with van der Waals surface area (Å²) in [7, 11) is 0. The first-order chi connectivity index (χ1) is 14.3. The molecule has 0 bridgehead atoms. The Morgan fingerprint density at radius 2 is 1.63 bits per heavy atom. The summed E-state index contributed by atoms with van der Waals surface area (Å²) in [5, 5.41) is 2.91. The number of halogens is 1. The van der Waals surface area contributed by atoms with Crippen LogP contribution < -0.4 is 16.2 Å². The molecule has 158 valence electrons. The number of nitrogens with one attached hydrogen (secondary N) is 3. The molecular weight excluding hydrogens is 410 g/mol. The van der Waals surface area contributed by atoms with Crippen LogP contribution in [0.5, 0.6) is 0 Å². The van der Waals surface area contributed by atoms with Crippen molar-refractivity contribution < 1.29 is 23.9 Å². The van der Waals surface area contributed by atoms with E-state index in [1.807, 2.05) is 26.0 Å². The van der Waals surface area contributed by atoms with Crippen LogP contribution in [0.15, 0.2) is 42.5 Å². The van der Waals surface area contributed by atoms with Gasteiger partial charge in [-0.15, -0.1) is 0 Å². The van der Waals surface area contributed by atoms with Gasteiger partial charge in [0.15, 0.2) is 6.61 Å². The SMILES string of the molecule is Cc1cccc(NC(=O)COC(=O)CCC(=O)NNC(=O)c2ccccc2Cl)c1C. The van der Waals surface area contributed by atoms with E-state index in [1.165, 1.54) is 6.07 Å². The molecule has 0 atom stereocenters. The standard InChI is InChI=1S/C21H22ClN3O5/c1-13-6-5-9-17(14(13)2)23-19(27)12-30-20(28)11-10-18(26)24-25-21(29)15-7-3-4-8-16(15)22/h3-9H,10-12H2,1-2H3,(H,23,27)(H,24,26)(H,25,29). The van der Waals surface area contributed by atoms with E-state index in [1.54, 1.807) is 24.3 Å². The lowest BCUT2D eigenvalue weighted by Crippen LogP contribution is -2.41. The number of amides is 3. The molecule has 2 aromatic rings. The lowest BCUT2D eigenvalue weighted by atomic mass is 10.1. The van der Waals surface area contributed by atoms with Gasteiger partial charge >= 0.3 is 5.97 Å². The minimum atomic E-state index is -0.710. The second kappa shape index (κ2) is 11.0. The quantitative estimate of drug-likeness (QED) is 0.460. The Bertz CT molecular complexity index is 961. The van der Waals surface area contributed by atoms with Gasteiger partial charge in [-0.25, -0.2) is 0 Å². The molecule has 0 aromatic heterocycles. The van der Waals surface area contributed by atoms with Crippen molar-refractivity contribution in [3.8, 4) is 0 Å². The highest BCUT2D eigenvalue weighted by Gasteiger charge is 2.13. The Labute approximate surface area is 178 Å². The van der Waals surface area contributed by atoms with Crippen LogP contribution in [0.2, 0.25) is 5.02 Å². The average molecular weight is 432 g/mol. The zero-order valence-electron chi connectivity index (χ0n) is 16.6. The van der Waals surface area contributed by atoms with E-state index in [2.05, 4.69) is 16.2 Å². The lowest BCUT2D eigenvalue weighted by Gasteiger charge is -2.11. The maximum atomic E-state index is 11.9. The number of esters is 1. The molecule has 0 spiro atoms. The largest absolute Gasteiger partial charge is 0.456 e. The molecule has 2 rings (SSSR count). The number of hydrazine groups is 1. The molecular formula is C21H22ClN3O5. The minimum absolute atomic E-state index is 0.203. The average Bonchev–Trinajstić information content (AvgIpc) is 2.72. The first-order valence-electron chi connectivity index (χ1n) is 9.13. The van der Waals surface area contributed by atoms with Crippen LogP contribution in [0.25, 0.3) is 0 Å². The molecule has 0 aliphatic carbocycles. The minimum Gasteiger partial charge on any atom is -0.456 e. The van der Waals surface area contributed by atoms with Gasteiger partial charge in [0.25, 0.3) is 11.8 Å². The zero-order valence-corrected chi connectivity index (χ0v) is 17.3. The fourth-order valence-corrected chi connectivity index (χ4v) is 2.63. The molecule has 0 aliphatic heterocycles. The molecule has 0 aliphatic rings. The van der Waals surface area contributed by atoms with Gasteiger partial charge < -0.3 is 10.1 Å². The third-order valence-electron chi connectivity index (χ3n) is 4.23. The van der Waals surface area contributed by atoms with Gasteiger partial charge in [0.2, 0.25) is 5.91 Å². The highest BCUT2D eigenvalue weighted by atomic mass is 35.5. The Hall–Kier alpha value is -3.39. The first kappa shape index (κ1) is 22.9. The Kier molecular flexibility index (Phi) is 8.37. The number of hydrogen-bond donors (Lipinski definition) is 3. The smallest absolute Gasteiger partial charge is 0.306 e. The van der Waals surface area contributed by atoms with Crippen LogP contribution in [0.3, 0.4) is 0 Å². The number of rotatable bonds is 7. The van der Waals surface area contributed by atoms with E-state index in [9.17, 15) is 19.2 Å². The maximum absolute atomic E-state index is 11.9. The fraction of sp³-hybridized carbons (Fsp3) is 0.238. The third-order valence-corrected chi connectivity index (χ3v) is 4.56. The summed E-state index contributed by atoms with van der Waals surface area (Å²) in [6.07, 6.45) is -0.467. The van der Waals surface area contributed by atoms with Crippen LogP contribution >= 0.6 is 11.6 Å². The third kappa shape index (κ3) is 6.89. The lowest BCUT2D eigenvalue weighted by molar-refractivity contribution is -0.148. The predicted octanol–water partition coefficient (Wildman–Crippen LogP) is 2.68. The predicted molar refractivity (Wildman–Crippen MR) is 112 cm³/mol. The molecule has 0 saturated heterocycles. The van der Waals surface area contributed by atoms with Crippen LogP contribution in [-0.2, 0) is 19.1 Å².